The van der Waals surface area contributed by atoms with Gasteiger partial charge in [-0.2, -0.15) is 19.2 Å². The standard InChI is InChI=1S/C79H106N14O22.2CO2/c1-8-9-10-11-17-47-23-25-48(26-24-47)41(2)30-66(100)88-58(32-49-37-83-54-21-15-13-18-50(49)54)77(112)90-56(35-65(82)99)62(96)29-44(5)73(108)93-71-46(7)115-79(114)59(34-61(95)51-19-12-14-20-53(51)81)92-75(110)52(42(3)31-69(103)104)33-64(98)60(40-94)89-68(102)38-84-74(109)45(6)86-72(107)43(4)28-63(97)57(36-70(105)106)91-76(111)55(22-16-27-80)87-67(101)39-85-78(71)113;2*2-1-3/h12-15,18-21,23-26,30,37,42-46,52,55-60,71,83,94H,8-11,16-17,22,27-29,31-36,38-40,80-81H2,1-7H3,(H2,82,99)(H,84,109)(H,85,113)(H,86,107)(H,87,101)(H,88,100)(H,89,102)(H,90,112)(H,91,111)(H,92,110)(H,93,108)(H,103,104)(H,105,106);;/b41-30+;;/t42-,43+,44-,45+,46-,52+,55+,56-,57+,58+,59+,60-,71+;;/m1../s1. The van der Waals surface area contributed by atoms with Crippen LogP contribution < -0.4 is 70.4 Å². The van der Waals surface area contributed by atoms with E-state index in [9.17, 15) is 102 Å². The Morgan fingerprint density at radius 1 is 0.636 bits per heavy atom. The van der Waals surface area contributed by atoms with Crippen LogP contribution in [0.15, 0.2) is 85.1 Å². The smallest absolute Gasteiger partial charge is 0.373 e. The molecule has 656 valence electrons. The van der Waals surface area contributed by atoms with Gasteiger partial charge < -0.3 is 95.4 Å². The number of carbonyl (C=O) groups is 18. The maximum atomic E-state index is 14.8. The van der Waals surface area contributed by atoms with Crippen molar-refractivity contribution in [2.45, 2.75) is 199 Å². The molecule has 1 aromatic heterocycles. The van der Waals surface area contributed by atoms with Gasteiger partial charge in [-0.15, -0.1) is 0 Å². The molecule has 1 aliphatic heterocycles. The number of carboxylic acid groups (broad SMARTS) is 2. The lowest BCUT2D eigenvalue weighted by Gasteiger charge is -2.29. The number of rotatable bonds is 31. The highest BCUT2D eigenvalue weighted by atomic mass is 16.5. The molecule has 0 radical (unpaired) electrons. The number of nitrogen functional groups attached to an aromatic ring is 1. The largest absolute Gasteiger partial charge is 0.481 e. The van der Waals surface area contributed by atoms with Gasteiger partial charge in [0, 0.05) is 90.7 Å². The molecule has 20 N–H and O–H groups in total. The Kier molecular flexibility index (Phi) is 44.2. The Morgan fingerprint density at radius 3 is 1.84 bits per heavy atom. The van der Waals surface area contributed by atoms with Gasteiger partial charge in [-0.1, -0.05) is 102 Å². The van der Waals surface area contributed by atoms with E-state index in [1.54, 1.807) is 37.4 Å². The molecule has 40 heteroatoms. The van der Waals surface area contributed by atoms with Crippen LogP contribution >= 0.6 is 0 Å². The first kappa shape index (κ1) is 102. The fourth-order valence-electron chi connectivity index (χ4n) is 12.6. The summed E-state index contributed by atoms with van der Waals surface area (Å²) in [6.45, 7) is 6.48. The second-order valence-corrected chi connectivity index (χ2v) is 28.9. The van der Waals surface area contributed by atoms with Gasteiger partial charge in [0.25, 0.3) is 0 Å². The van der Waals surface area contributed by atoms with Crippen LogP contribution in [0.2, 0.25) is 0 Å². The molecule has 121 heavy (non-hydrogen) atoms. The first-order valence-corrected chi connectivity index (χ1v) is 38.7. The number of fused-ring (bicyclic) bond motifs is 1. The average Bonchev–Trinajstić information content (AvgIpc) is 1.73. The van der Waals surface area contributed by atoms with Crippen LogP contribution in [0.4, 0.5) is 5.69 Å². The van der Waals surface area contributed by atoms with E-state index < -0.39 is 249 Å². The average molecular weight is 1690 g/mol. The van der Waals surface area contributed by atoms with Gasteiger partial charge in [-0.25, -0.2) is 4.79 Å². The van der Waals surface area contributed by atoms with Crippen molar-refractivity contribution in [1.82, 2.24) is 58.2 Å². The number of carbonyl (C=O) groups excluding carboxylic acids is 20. The Morgan fingerprint density at radius 2 is 1.24 bits per heavy atom. The summed E-state index contributed by atoms with van der Waals surface area (Å²) in [5.74, 6) is -26.6. The Bertz CT molecular complexity index is 4440. The van der Waals surface area contributed by atoms with Gasteiger partial charge in [-0.3, -0.25) is 81.5 Å². The van der Waals surface area contributed by atoms with Gasteiger partial charge in [0.2, 0.25) is 65.0 Å². The third kappa shape index (κ3) is 35.4. The number of aliphatic hydroxyl groups is 1. The summed E-state index contributed by atoms with van der Waals surface area (Å²) < 4.78 is 5.79. The molecule has 3 aromatic carbocycles. The van der Waals surface area contributed by atoms with Crippen molar-refractivity contribution >= 4 is 140 Å². The number of esters is 1. The number of nitrogens with one attached hydrogen (secondary N) is 11. The molecule has 0 aliphatic carbocycles. The lowest BCUT2D eigenvalue weighted by atomic mass is 9.84. The highest BCUT2D eigenvalue weighted by Crippen LogP contribution is 2.25. The summed E-state index contributed by atoms with van der Waals surface area (Å²) in [6.07, 6.45) is -0.0788. The molecule has 1 saturated heterocycles. The molecule has 0 bridgehead atoms. The van der Waals surface area contributed by atoms with Crippen LogP contribution in [0.5, 0.6) is 0 Å². The summed E-state index contributed by atoms with van der Waals surface area (Å²) in [4.78, 5) is 284. The van der Waals surface area contributed by atoms with Crippen LogP contribution in [0.25, 0.3) is 16.5 Å². The Hall–Kier alpha value is -13.3. The zero-order valence-corrected chi connectivity index (χ0v) is 68.0. The van der Waals surface area contributed by atoms with Gasteiger partial charge in [-0.05, 0) is 99.4 Å². The molecular weight excluding hydrogens is 1580 g/mol. The second-order valence-electron chi connectivity index (χ2n) is 28.9. The van der Waals surface area contributed by atoms with Crippen LogP contribution in [-0.2, 0) is 118 Å². The number of para-hydroxylation sites is 2. The molecule has 2 heterocycles. The number of amides is 11. The normalized spacial score (nSPS) is 20.6. The zero-order valence-electron chi connectivity index (χ0n) is 68.0. The lowest BCUT2D eigenvalue weighted by molar-refractivity contribution is -0.193. The van der Waals surface area contributed by atoms with E-state index in [0.29, 0.717) is 22.0 Å². The number of ether oxygens (including phenoxy) is 1. The first-order valence-electron chi connectivity index (χ1n) is 38.7. The molecule has 1 fully saturated rings. The minimum absolute atomic E-state index is 0.00993. The van der Waals surface area contributed by atoms with Crippen molar-refractivity contribution in [3.8, 4) is 0 Å². The number of aromatic nitrogens is 1. The SMILES string of the molecule is CCCCCCc1ccc(/C(C)=C/C(=O)N[C@@H](Cc2c[nH]c3ccccc23)C(=O)N[C@H](CC(N)=O)C(=O)C[C@@H](C)C(=O)N[C@@H]2C(=O)NCC(=O)N[C@@H](CCCN)C(=O)N[C@@H](CC(=O)O)C(=O)C[C@H](C)C(=O)N[C@@H](C)C(=O)NCC(=O)N[C@H](CO)C(=O)C[C@@H]([C@H](C)CC(=O)O)C(=O)N[C@@H](CC(=O)c3ccccc3N)C(=O)O[C@@H]2C)cc1.O=C=O.O=C=O. The van der Waals surface area contributed by atoms with E-state index in [2.05, 4.69) is 65.1 Å². The molecule has 0 spiro atoms. The third-order valence-corrected chi connectivity index (χ3v) is 19.3. The van der Waals surface area contributed by atoms with Crippen molar-refractivity contribution in [1.29, 1.82) is 0 Å². The molecule has 0 unspecified atom stereocenters. The number of ketones is 4. The van der Waals surface area contributed by atoms with Crippen LogP contribution in [0.3, 0.4) is 0 Å². The van der Waals surface area contributed by atoms with Crippen molar-refractivity contribution in [3.63, 3.8) is 0 Å². The number of anilines is 1. The van der Waals surface area contributed by atoms with E-state index in [-0.39, 0.29) is 49.4 Å². The number of Topliss-reactive ketones (excluding diaryl/α,β-unsaturated/α-hetero) is 4. The number of cyclic esters (lactones) is 1. The first-order chi connectivity index (χ1) is 57.3. The van der Waals surface area contributed by atoms with E-state index in [4.69, 9.17) is 41.1 Å². The van der Waals surface area contributed by atoms with E-state index >= 15 is 0 Å². The number of aliphatic carboxylic acids is 2. The number of nitrogens with two attached hydrogens (primary N) is 3. The number of aliphatic hydroxyl groups excluding tert-OH is 1. The molecule has 1 aliphatic rings. The van der Waals surface area contributed by atoms with Gasteiger partial charge in [0.1, 0.15) is 42.4 Å². The fourth-order valence-corrected chi connectivity index (χ4v) is 12.6. The zero-order chi connectivity index (χ0) is 90.8. The number of primary amides is 1. The minimum atomic E-state index is -2.18. The number of aryl methyl sites for hydroxylation is 1. The maximum Gasteiger partial charge on any atom is 0.373 e. The topological polar surface area (TPSA) is 660 Å². The fraction of sp³-hybridized carbons (Fsp3) is 0.481. The molecule has 5 rings (SSSR count). The van der Waals surface area contributed by atoms with Crippen molar-refractivity contribution < 1.29 is 126 Å². The molecule has 11 amide bonds. The van der Waals surface area contributed by atoms with E-state index in [1.165, 1.54) is 58.0 Å². The van der Waals surface area contributed by atoms with E-state index in [1.807, 2.05) is 24.3 Å². The number of unbranched alkanes of at least 4 members (excludes halogenated alkanes) is 3. The van der Waals surface area contributed by atoms with Gasteiger partial charge >= 0.3 is 30.2 Å². The summed E-state index contributed by atoms with van der Waals surface area (Å²) in [6, 6.07) is 5.96. The number of carboxylic acids is 2. The Labute approximate surface area is 695 Å². The quantitative estimate of drug-likeness (QED) is 0.00911. The van der Waals surface area contributed by atoms with Crippen molar-refractivity contribution in [3.05, 3.63) is 107 Å². The molecule has 0 saturated carbocycles. The van der Waals surface area contributed by atoms with Crippen LogP contribution in [0, 0.1) is 23.7 Å². The highest BCUT2D eigenvalue weighted by molar-refractivity contribution is 6.05. The summed E-state index contributed by atoms with van der Waals surface area (Å²) >= 11 is 0. The van der Waals surface area contributed by atoms with Gasteiger partial charge in [0.15, 0.2) is 23.1 Å². The number of benzene rings is 3. The number of hydrogen-bond acceptors (Lipinski definition) is 26. The summed E-state index contributed by atoms with van der Waals surface area (Å²) in [5, 5.41) is 54.3. The molecule has 4 aromatic rings. The molecule has 40 nitrogen and oxygen atoms in total. The monoisotopic (exact) mass is 1690 g/mol. The van der Waals surface area contributed by atoms with Crippen molar-refractivity contribution in [2.75, 3.05) is 32.0 Å². The van der Waals surface area contributed by atoms with Crippen LogP contribution in [0.1, 0.15) is 159 Å². The van der Waals surface area contributed by atoms with E-state index in [0.717, 1.165) is 50.2 Å². The summed E-state index contributed by atoms with van der Waals surface area (Å²) in [7, 11) is 0. The second kappa shape index (κ2) is 52.5. The third-order valence-electron chi connectivity index (χ3n) is 19.3. The van der Waals surface area contributed by atoms with Crippen LogP contribution in [-0.4, -0.2) is 219 Å². The molecular formula is C81H106N14O26. The number of aromatic amines is 1. The predicted octanol–water partition coefficient (Wildman–Crippen LogP) is -1.34. The van der Waals surface area contributed by atoms with Crippen molar-refractivity contribution in [2.24, 2.45) is 35.1 Å². The molecule has 13 atom stereocenters. The Balaban J connectivity index is 0.00000611. The lowest BCUT2D eigenvalue weighted by Crippen LogP contribution is -2.58. The number of allylic oxidation sites excluding steroid dienone is 1. The minimum Gasteiger partial charge on any atom is -0.481 e. The number of H-pyrrole nitrogens is 1. The van der Waals surface area contributed by atoms with Gasteiger partial charge in [0.05, 0.1) is 44.6 Å². The summed E-state index contributed by atoms with van der Waals surface area (Å²) in [5.41, 5.74) is 20.9. The predicted molar refractivity (Wildman–Crippen MR) is 426 cm³/mol. The number of hydrogen-bond donors (Lipinski definition) is 17. The maximum absolute atomic E-state index is 14.8. The highest BCUT2D eigenvalue weighted by Gasteiger charge is 2.40.